The van der Waals surface area contributed by atoms with Crippen molar-refractivity contribution < 1.29 is 38.1 Å². The third-order valence-electron chi connectivity index (χ3n) is 10.3. The van der Waals surface area contributed by atoms with E-state index >= 15 is 0 Å². The van der Waals surface area contributed by atoms with Crippen molar-refractivity contribution in [1.82, 2.24) is 15.5 Å². The number of nitrogens with zero attached hydrogens (tertiary/aromatic N) is 1. The van der Waals surface area contributed by atoms with Gasteiger partial charge in [-0.15, -0.1) is 6.58 Å². The molecule has 5 unspecified atom stereocenters. The minimum Gasteiger partial charge on any atom is -0.458 e. The third-order valence-corrected chi connectivity index (χ3v) is 10.3. The molecule has 3 aliphatic rings. The number of carbonyl (C=O) groups is 3. The van der Waals surface area contributed by atoms with Gasteiger partial charge in [-0.05, 0) is 80.4 Å². The van der Waals surface area contributed by atoms with Crippen LogP contribution in [0, 0.1) is 23.7 Å². The number of cyclic esters (lactones) is 1. The summed E-state index contributed by atoms with van der Waals surface area (Å²) in [6.45, 7) is 22.0. The van der Waals surface area contributed by atoms with Crippen LogP contribution in [0.2, 0.25) is 0 Å². The van der Waals surface area contributed by atoms with Gasteiger partial charge >= 0.3 is 12.1 Å². The van der Waals surface area contributed by atoms with E-state index in [-0.39, 0.29) is 42.4 Å². The topological polar surface area (TPSA) is 125 Å². The first kappa shape index (κ1) is 37.4. The highest BCUT2D eigenvalue weighted by Crippen LogP contribution is 2.39. The third kappa shape index (κ3) is 8.27. The molecule has 258 valence electrons. The minimum atomic E-state index is -1.13. The summed E-state index contributed by atoms with van der Waals surface area (Å²) in [7, 11) is 4.11. The van der Waals surface area contributed by atoms with Crippen LogP contribution in [-0.2, 0) is 33.3 Å². The van der Waals surface area contributed by atoms with Crippen LogP contribution in [0.1, 0.15) is 81.6 Å². The molecule has 3 aliphatic heterocycles. The standard InChI is InChI=1S/C34H59N3O8/c1-13-15-41-33(9)17-19(3)18-35-24(8)28-34(10,45-32(40)36-28)26(14-2)43-30(39)23(7)27(38)22(6)29(33)44-31-21(5)25(37(11)12)16-20(4)42-31/h13,19-26,28-29,31,35H,1,14-18H2,2-12H3,(H,36,40)/t19-,20?,21?,22+,23?,24-,25?,26-,28-,29?,31+,33-,34-/m1/s1. The highest BCUT2D eigenvalue weighted by atomic mass is 16.7. The molecule has 11 nitrogen and oxygen atoms in total. The van der Waals surface area contributed by atoms with E-state index in [1.165, 1.54) is 0 Å². The number of amides is 1. The Balaban J connectivity index is 2.07. The Morgan fingerprint density at radius 2 is 1.76 bits per heavy atom. The molecular weight excluding hydrogens is 578 g/mol. The van der Waals surface area contributed by atoms with Gasteiger partial charge in [0.25, 0.3) is 0 Å². The van der Waals surface area contributed by atoms with Crippen molar-refractivity contribution in [1.29, 1.82) is 0 Å². The summed E-state index contributed by atoms with van der Waals surface area (Å²) in [5.74, 6) is -2.73. The van der Waals surface area contributed by atoms with Gasteiger partial charge in [0.2, 0.25) is 0 Å². The highest BCUT2D eigenvalue weighted by Gasteiger charge is 2.55. The smallest absolute Gasteiger partial charge is 0.408 e. The van der Waals surface area contributed by atoms with Gasteiger partial charge in [-0.25, -0.2) is 4.79 Å². The van der Waals surface area contributed by atoms with Crippen LogP contribution in [0.25, 0.3) is 0 Å². The predicted octanol–water partition coefficient (Wildman–Crippen LogP) is 4.08. The van der Waals surface area contributed by atoms with E-state index in [9.17, 15) is 14.4 Å². The van der Waals surface area contributed by atoms with E-state index < -0.39 is 59.6 Å². The Bertz CT molecular complexity index is 1060. The number of alkyl carbamates (subject to hydrolysis) is 1. The molecule has 0 aromatic carbocycles. The second-order valence-electron chi connectivity index (χ2n) is 14.4. The van der Waals surface area contributed by atoms with Crippen molar-refractivity contribution in [2.24, 2.45) is 23.7 Å². The maximum Gasteiger partial charge on any atom is 0.408 e. The van der Waals surface area contributed by atoms with E-state index in [4.69, 9.17) is 23.7 Å². The fraction of sp³-hybridized carbons (Fsp3) is 0.853. The quantitative estimate of drug-likeness (QED) is 0.240. The molecule has 0 saturated carbocycles. The largest absolute Gasteiger partial charge is 0.458 e. The van der Waals surface area contributed by atoms with Gasteiger partial charge in [-0.2, -0.15) is 0 Å². The summed E-state index contributed by atoms with van der Waals surface area (Å²) in [6.07, 6.45) is 0.792. The number of esters is 1. The number of Topliss-reactive ketones (excluding diaryl/α,β-unsaturated/α-hetero) is 1. The first-order valence-corrected chi connectivity index (χ1v) is 16.7. The molecule has 3 rings (SSSR count). The first-order valence-electron chi connectivity index (χ1n) is 16.7. The summed E-state index contributed by atoms with van der Waals surface area (Å²) in [4.78, 5) is 42.5. The van der Waals surface area contributed by atoms with E-state index in [0.717, 1.165) is 6.42 Å². The maximum atomic E-state index is 14.2. The SMILES string of the molecule is C=CCO[C@]1(C)C[C@@H](C)CN[C@H](C)[C@H]2NC(=O)O[C@]2(C)[C@@H](CC)OC(=O)C(C)C(=O)[C@H](C)C1O[C@@H]1OC(C)CC(N(C)C)C1C. The molecule has 0 bridgehead atoms. The molecule has 3 saturated heterocycles. The molecule has 0 aromatic heterocycles. The van der Waals surface area contributed by atoms with Crippen molar-refractivity contribution in [3.63, 3.8) is 0 Å². The van der Waals surface area contributed by atoms with Crippen LogP contribution in [0.15, 0.2) is 12.7 Å². The lowest BCUT2D eigenvalue weighted by atomic mass is 9.78. The summed E-state index contributed by atoms with van der Waals surface area (Å²) in [5, 5.41) is 6.50. The lowest BCUT2D eigenvalue weighted by molar-refractivity contribution is -0.282. The van der Waals surface area contributed by atoms with E-state index in [2.05, 4.69) is 50.1 Å². The number of carbonyl (C=O) groups excluding carboxylic acids is 3. The zero-order valence-corrected chi connectivity index (χ0v) is 29.4. The van der Waals surface area contributed by atoms with Gasteiger partial charge in [-0.3, -0.25) is 9.59 Å². The molecule has 0 radical (unpaired) electrons. The normalized spacial score (nSPS) is 43.8. The van der Waals surface area contributed by atoms with Gasteiger partial charge in [-0.1, -0.05) is 33.8 Å². The molecule has 1 amide bonds. The lowest BCUT2D eigenvalue weighted by Crippen LogP contribution is -2.60. The molecular formula is C34H59N3O8. The first-order chi connectivity index (χ1) is 21.0. The van der Waals surface area contributed by atoms with E-state index in [0.29, 0.717) is 19.4 Å². The average molecular weight is 638 g/mol. The summed E-state index contributed by atoms with van der Waals surface area (Å²) >= 11 is 0. The van der Waals surface area contributed by atoms with Gasteiger partial charge in [0.1, 0.15) is 12.0 Å². The van der Waals surface area contributed by atoms with Crippen molar-refractivity contribution in [3.8, 4) is 0 Å². The zero-order chi connectivity index (χ0) is 33.9. The Kier molecular flexibility index (Phi) is 12.7. The number of ketones is 1. The molecule has 13 atom stereocenters. The molecule has 0 aliphatic carbocycles. The van der Waals surface area contributed by atoms with Crippen LogP contribution in [-0.4, -0.2) is 104 Å². The van der Waals surface area contributed by atoms with Crippen LogP contribution in [0.4, 0.5) is 4.79 Å². The second-order valence-corrected chi connectivity index (χ2v) is 14.4. The number of ether oxygens (including phenoxy) is 5. The van der Waals surface area contributed by atoms with Crippen LogP contribution >= 0.6 is 0 Å². The van der Waals surface area contributed by atoms with E-state index in [1.54, 1.807) is 26.8 Å². The van der Waals surface area contributed by atoms with Crippen LogP contribution < -0.4 is 10.6 Å². The fourth-order valence-corrected chi connectivity index (χ4v) is 7.65. The Hall–Kier alpha value is -2.05. The summed E-state index contributed by atoms with van der Waals surface area (Å²) in [6, 6.07) is -0.463. The van der Waals surface area contributed by atoms with Crippen molar-refractivity contribution >= 4 is 17.8 Å². The Morgan fingerprint density at radius 1 is 1.09 bits per heavy atom. The van der Waals surface area contributed by atoms with Gasteiger partial charge in [0, 0.05) is 23.9 Å². The van der Waals surface area contributed by atoms with Crippen molar-refractivity contribution in [2.75, 3.05) is 27.2 Å². The molecule has 0 spiro atoms. The fourth-order valence-electron chi connectivity index (χ4n) is 7.65. The minimum absolute atomic E-state index is 0.0155. The molecule has 3 heterocycles. The van der Waals surface area contributed by atoms with E-state index in [1.807, 2.05) is 27.7 Å². The van der Waals surface area contributed by atoms with Crippen LogP contribution in [0.3, 0.4) is 0 Å². The summed E-state index contributed by atoms with van der Waals surface area (Å²) in [5.41, 5.74) is -2.08. The highest BCUT2D eigenvalue weighted by molar-refractivity contribution is 6.00. The summed E-state index contributed by atoms with van der Waals surface area (Å²) < 4.78 is 31.6. The van der Waals surface area contributed by atoms with Crippen molar-refractivity contribution in [3.05, 3.63) is 12.7 Å². The molecule has 3 fully saturated rings. The van der Waals surface area contributed by atoms with Crippen molar-refractivity contribution in [2.45, 2.75) is 136 Å². The maximum absolute atomic E-state index is 14.2. The zero-order valence-electron chi connectivity index (χ0n) is 29.4. The number of hydrogen-bond donors (Lipinski definition) is 2. The predicted molar refractivity (Wildman–Crippen MR) is 172 cm³/mol. The Morgan fingerprint density at radius 3 is 2.36 bits per heavy atom. The Labute approximate surface area is 270 Å². The number of nitrogens with one attached hydrogen (secondary N) is 2. The number of hydrogen-bond acceptors (Lipinski definition) is 10. The molecule has 11 heteroatoms. The monoisotopic (exact) mass is 637 g/mol. The average Bonchev–Trinajstić information content (AvgIpc) is 3.30. The number of fused-ring (bicyclic) bond motifs is 1. The molecule has 0 aromatic rings. The lowest BCUT2D eigenvalue weighted by Gasteiger charge is -2.47. The second kappa shape index (κ2) is 15.2. The molecule has 2 N–H and O–H groups in total. The van der Waals surface area contributed by atoms with Gasteiger partial charge in [0.05, 0.1) is 30.5 Å². The van der Waals surface area contributed by atoms with Gasteiger partial charge in [0.15, 0.2) is 17.7 Å². The molecule has 45 heavy (non-hydrogen) atoms. The van der Waals surface area contributed by atoms with Crippen LogP contribution in [0.5, 0.6) is 0 Å². The van der Waals surface area contributed by atoms with Gasteiger partial charge < -0.3 is 39.2 Å². The number of rotatable bonds is 7.